The van der Waals surface area contributed by atoms with Gasteiger partial charge in [-0.2, -0.15) is 13.2 Å². The van der Waals surface area contributed by atoms with Crippen LogP contribution < -0.4 is 16.5 Å². The Balaban J connectivity index is 1.31. The molecule has 4 fully saturated rings. The third-order valence-corrected chi connectivity index (χ3v) is 10.1. The molecule has 6 rings (SSSR count). The van der Waals surface area contributed by atoms with Crippen molar-refractivity contribution in [2.24, 2.45) is 17.8 Å². The summed E-state index contributed by atoms with van der Waals surface area (Å²) in [7, 11) is 3.78. The zero-order valence-electron chi connectivity index (χ0n) is 23.6. The third kappa shape index (κ3) is 5.35. The van der Waals surface area contributed by atoms with E-state index in [2.05, 4.69) is 27.7 Å². The molecular formula is C29H43F3N6O2. The Morgan fingerprint density at radius 1 is 1.07 bits per heavy atom. The Morgan fingerprint density at radius 3 is 2.52 bits per heavy atom. The summed E-state index contributed by atoms with van der Waals surface area (Å²) in [5, 5.41) is 0. The van der Waals surface area contributed by atoms with Gasteiger partial charge >= 0.3 is 11.9 Å². The Morgan fingerprint density at radius 2 is 1.85 bits per heavy atom. The van der Waals surface area contributed by atoms with Gasteiger partial charge in [-0.1, -0.05) is 25.7 Å². The number of hydrazine groups is 1. The molecule has 0 amide bonds. The minimum absolute atomic E-state index is 0.0461. The summed E-state index contributed by atoms with van der Waals surface area (Å²) in [4.78, 5) is 18.2. The average Bonchev–Trinajstić information content (AvgIpc) is 3.60. The Labute approximate surface area is 233 Å². The minimum atomic E-state index is -4.55. The number of methoxy groups -OCH3 is 1. The van der Waals surface area contributed by atoms with Crippen molar-refractivity contribution in [1.29, 1.82) is 0 Å². The maximum absolute atomic E-state index is 14.3. The first-order chi connectivity index (χ1) is 19.2. The van der Waals surface area contributed by atoms with Gasteiger partial charge in [-0.15, -0.1) is 0 Å². The molecule has 2 aliphatic carbocycles. The van der Waals surface area contributed by atoms with Gasteiger partial charge < -0.3 is 4.74 Å². The molecule has 4 aliphatic rings. The van der Waals surface area contributed by atoms with E-state index in [0.717, 1.165) is 51.7 Å². The van der Waals surface area contributed by atoms with Crippen molar-refractivity contribution < 1.29 is 17.9 Å². The molecule has 0 aromatic carbocycles. The van der Waals surface area contributed by atoms with Crippen LogP contribution in [-0.4, -0.2) is 65.0 Å². The highest BCUT2D eigenvalue weighted by molar-refractivity contribution is 5.56. The Kier molecular flexibility index (Phi) is 8.04. The van der Waals surface area contributed by atoms with E-state index >= 15 is 0 Å². The minimum Gasteiger partial charge on any atom is -0.383 e. The summed E-state index contributed by atoms with van der Waals surface area (Å²) in [6, 6.07) is 1.33. The molecule has 2 N–H and O–H groups in total. The van der Waals surface area contributed by atoms with Crippen LogP contribution in [0.1, 0.15) is 75.0 Å². The quantitative estimate of drug-likeness (QED) is 0.501. The number of nitrogens with one attached hydrogen (secondary N) is 2. The molecule has 3 unspecified atom stereocenters. The average molecular weight is 565 g/mol. The van der Waals surface area contributed by atoms with Gasteiger partial charge in [0.1, 0.15) is 0 Å². The molecule has 8 nitrogen and oxygen atoms in total. The number of alkyl halides is 3. The smallest absolute Gasteiger partial charge is 0.383 e. The van der Waals surface area contributed by atoms with Crippen LogP contribution in [0.15, 0.2) is 23.3 Å². The SMILES string of the molecule is COC[C@H]1CCCN1Cc1cc(C(F)(F)F)c2cn(C3CCCC([C@@H](C4CCC4)C4NNCN4C)C3)c(=O)n2c1. The number of pyridine rings is 1. The van der Waals surface area contributed by atoms with E-state index in [1.54, 1.807) is 17.9 Å². The summed E-state index contributed by atoms with van der Waals surface area (Å²) in [6.45, 7) is 2.53. The lowest BCUT2D eigenvalue weighted by molar-refractivity contribution is -0.136. The van der Waals surface area contributed by atoms with E-state index < -0.39 is 11.7 Å². The van der Waals surface area contributed by atoms with Gasteiger partial charge in [-0.25, -0.2) is 15.6 Å². The molecule has 0 radical (unpaired) electrons. The van der Waals surface area contributed by atoms with Crippen molar-refractivity contribution in [3.05, 3.63) is 40.1 Å². The number of imidazole rings is 1. The maximum Gasteiger partial charge on any atom is 0.418 e. The zero-order chi connectivity index (χ0) is 28.0. The molecule has 4 heterocycles. The molecule has 0 bridgehead atoms. The monoisotopic (exact) mass is 564 g/mol. The number of hydrogen-bond acceptors (Lipinski definition) is 6. The molecule has 2 aliphatic heterocycles. The molecule has 0 spiro atoms. The van der Waals surface area contributed by atoms with Crippen LogP contribution in [0.2, 0.25) is 0 Å². The van der Waals surface area contributed by atoms with Gasteiger partial charge in [0, 0.05) is 38.1 Å². The summed E-state index contributed by atoms with van der Waals surface area (Å²) in [6.07, 6.45) is 8.20. The fraction of sp³-hybridized carbons (Fsp3) is 0.759. The lowest BCUT2D eigenvalue weighted by Crippen LogP contribution is -2.50. The molecule has 2 saturated carbocycles. The van der Waals surface area contributed by atoms with E-state index in [9.17, 15) is 18.0 Å². The Hall–Kier alpha value is -1.92. The van der Waals surface area contributed by atoms with E-state index in [4.69, 9.17) is 4.74 Å². The van der Waals surface area contributed by atoms with E-state index in [-0.39, 0.29) is 29.5 Å². The number of nitrogens with zero attached hydrogens (tertiary/aromatic N) is 4. The summed E-state index contributed by atoms with van der Waals surface area (Å²) < 4.78 is 51.2. The molecular weight excluding hydrogens is 521 g/mol. The van der Waals surface area contributed by atoms with E-state index in [1.165, 1.54) is 35.9 Å². The van der Waals surface area contributed by atoms with Crippen molar-refractivity contribution in [2.45, 2.75) is 88.8 Å². The zero-order valence-corrected chi connectivity index (χ0v) is 23.6. The topological polar surface area (TPSA) is 66.2 Å². The highest BCUT2D eigenvalue weighted by atomic mass is 19.4. The fourth-order valence-electron chi connectivity index (χ4n) is 7.96. The number of likely N-dealkylation sites (tertiary alicyclic amines) is 1. The third-order valence-electron chi connectivity index (χ3n) is 10.1. The molecule has 2 aromatic heterocycles. The van der Waals surface area contributed by atoms with Crippen LogP contribution >= 0.6 is 0 Å². The largest absolute Gasteiger partial charge is 0.418 e. The van der Waals surface area contributed by atoms with Gasteiger partial charge in [0.05, 0.1) is 30.5 Å². The Bertz CT molecular complexity index is 1240. The molecule has 40 heavy (non-hydrogen) atoms. The first-order valence-corrected chi connectivity index (χ1v) is 15.0. The molecule has 5 atom stereocenters. The second-order valence-corrected chi connectivity index (χ2v) is 12.6. The van der Waals surface area contributed by atoms with E-state index in [1.807, 2.05) is 0 Å². The predicted octanol–water partition coefficient (Wildman–Crippen LogP) is 4.20. The number of aromatic nitrogens is 2. The number of rotatable bonds is 8. The van der Waals surface area contributed by atoms with Gasteiger partial charge in [-0.05, 0) is 75.1 Å². The van der Waals surface area contributed by atoms with Gasteiger partial charge in [0.25, 0.3) is 0 Å². The van der Waals surface area contributed by atoms with Crippen LogP contribution in [0.4, 0.5) is 13.2 Å². The normalized spacial score (nSPS) is 29.8. The van der Waals surface area contributed by atoms with E-state index in [0.29, 0.717) is 36.5 Å². The first kappa shape index (κ1) is 28.2. The van der Waals surface area contributed by atoms with Gasteiger partial charge in [0.15, 0.2) is 0 Å². The predicted molar refractivity (Wildman–Crippen MR) is 146 cm³/mol. The number of ether oxygens (including phenoxy) is 1. The summed E-state index contributed by atoms with van der Waals surface area (Å²) in [5.41, 5.74) is 6.13. The highest BCUT2D eigenvalue weighted by Gasteiger charge is 2.44. The summed E-state index contributed by atoms with van der Waals surface area (Å²) in [5.74, 6) is 1.53. The summed E-state index contributed by atoms with van der Waals surface area (Å²) >= 11 is 0. The second kappa shape index (κ2) is 11.4. The van der Waals surface area contributed by atoms with Crippen LogP contribution in [0.3, 0.4) is 0 Å². The molecule has 2 aromatic rings. The fourth-order valence-corrected chi connectivity index (χ4v) is 7.96. The standard InChI is InChI=1S/C29H43F3N6O2/c1-35-18-33-34-27(35)26(20-6-3-7-20)21-8-4-9-22(13-21)37-16-25-24(29(30,31)32)12-19(15-38(25)28(37)39)14-36-11-5-10-23(36)17-40-2/h12,15-16,20-23,26-27,33-34H,3-11,13-14,17-18H2,1-2H3/t21?,22?,23-,26-,27?/m1/s1. The first-order valence-electron chi connectivity index (χ1n) is 15.0. The van der Waals surface area contributed by atoms with Crippen molar-refractivity contribution in [1.82, 2.24) is 29.6 Å². The van der Waals surface area contributed by atoms with Crippen LogP contribution in [0.25, 0.3) is 5.52 Å². The number of hydrogen-bond donors (Lipinski definition) is 2. The lowest BCUT2D eigenvalue weighted by Gasteiger charge is -2.46. The van der Waals surface area contributed by atoms with Gasteiger partial charge in [-0.3, -0.25) is 18.8 Å². The van der Waals surface area contributed by atoms with Crippen molar-refractivity contribution in [2.75, 3.05) is 34.0 Å². The number of fused-ring (bicyclic) bond motifs is 1. The second-order valence-electron chi connectivity index (χ2n) is 12.6. The maximum atomic E-state index is 14.3. The molecule has 2 saturated heterocycles. The van der Waals surface area contributed by atoms with Crippen LogP contribution in [0, 0.1) is 17.8 Å². The van der Waals surface area contributed by atoms with Crippen molar-refractivity contribution in [3.63, 3.8) is 0 Å². The van der Waals surface area contributed by atoms with Crippen molar-refractivity contribution >= 4 is 5.52 Å². The lowest BCUT2D eigenvalue weighted by atomic mass is 9.65. The van der Waals surface area contributed by atoms with Crippen molar-refractivity contribution in [3.8, 4) is 0 Å². The van der Waals surface area contributed by atoms with Crippen LogP contribution in [0.5, 0.6) is 0 Å². The molecule has 222 valence electrons. The van der Waals surface area contributed by atoms with Gasteiger partial charge in [0.2, 0.25) is 0 Å². The van der Waals surface area contributed by atoms with Crippen LogP contribution in [-0.2, 0) is 17.5 Å². The molecule has 11 heteroatoms. The highest BCUT2D eigenvalue weighted by Crippen LogP contribution is 2.47. The number of halogens is 3.